The summed E-state index contributed by atoms with van der Waals surface area (Å²) in [6, 6.07) is 7.83. The minimum absolute atomic E-state index is 0.0385. The lowest BCUT2D eigenvalue weighted by molar-refractivity contribution is -0.150. The van der Waals surface area contributed by atoms with Gasteiger partial charge >= 0.3 is 5.97 Å². The maximum absolute atomic E-state index is 12.6. The molecule has 1 aromatic carbocycles. The molecule has 1 atom stereocenters. The van der Waals surface area contributed by atoms with E-state index in [2.05, 4.69) is 10.2 Å². The van der Waals surface area contributed by atoms with Crippen LogP contribution in [0.2, 0.25) is 0 Å². The number of methoxy groups -OCH3 is 1. The van der Waals surface area contributed by atoms with E-state index in [9.17, 15) is 9.59 Å². The number of nitrogens with one attached hydrogen (secondary N) is 1. The highest BCUT2D eigenvalue weighted by Gasteiger charge is 2.49. The molecule has 1 unspecified atom stereocenters. The fraction of sp³-hybridized carbons (Fsp3) is 0.619. The third-order valence-corrected chi connectivity index (χ3v) is 6.28. The number of esters is 1. The number of amides is 1. The van der Waals surface area contributed by atoms with Gasteiger partial charge in [0.05, 0.1) is 19.1 Å². The molecule has 0 saturated carbocycles. The first-order valence-electron chi connectivity index (χ1n) is 10.1. The highest BCUT2D eigenvalue weighted by atomic mass is 16.6. The number of hydrogen-bond donors (Lipinski definition) is 1. The molecule has 3 saturated heterocycles. The second-order valence-corrected chi connectivity index (χ2v) is 8.16. The summed E-state index contributed by atoms with van der Waals surface area (Å²) in [6.45, 7) is 4.92. The number of carbonyl (C=O) groups excluding carboxylic acids is 2. The second kappa shape index (κ2) is 8.09. The predicted octanol–water partition coefficient (Wildman–Crippen LogP) is 1.02. The fourth-order valence-electron chi connectivity index (χ4n) is 4.57. The van der Waals surface area contributed by atoms with Crippen molar-refractivity contribution in [2.75, 3.05) is 46.4 Å². The number of rotatable bonds is 5. The van der Waals surface area contributed by atoms with E-state index < -0.39 is 0 Å². The molecule has 3 heterocycles. The number of hydrogen-bond acceptors (Lipinski definition) is 6. The van der Waals surface area contributed by atoms with Crippen LogP contribution in [0.3, 0.4) is 0 Å². The van der Waals surface area contributed by atoms with Gasteiger partial charge in [-0.15, -0.1) is 0 Å². The van der Waals surface area contributed by atoms with Crippen molar-refractivity contribution in [3.63, 3.8) is 0 Å². The van der Waals surface area contributed by atoms with E-state index in [0.29, 0.717) is 26.2 Å². The zero-order valence-electron chi connectivity index (χ0n) is 16.5. The van der Waals surface area contributed by atoms with Gasteiger partial charge in [-0.3, -0.25) is 14.5 Å². The predicted molar refractivity (Wildman–Crippen MR) is 104 cm³/mol. The average Bonchev–Trinajstić information content (AvgIpc) is 2.99. The van der Waals surface area contributed by atoms with Crippen LogP contribution >= 0.6 is 0 Å². The minimum Gasteiger partial charge on any atom is -0.497 e. The van der Waals surface area contributed by atoms with Crippen molar-refractivity contribution in [1.82, 2.24) is 15.1 Å². The van der Waals surface area contributed by atoms with E-state index in [0.717, 1.165) is 50.2 Å². The van der Waals surface area contributed by atoms with E-state index >= 15 is 0 Å². The van der Waals surface area contributed by atoms with Crippen LogP contribution in [0.5, 0.6) is 5.75 Å². The Labute approximate surface area is 166 Å². The largest absolute Gasteiger partial charge is 0.497 e. The molecule has 28 heavy (non-hydrogen) atoms. The Balaban J connectivity index is 1.28. The lowest BCUT2D eigenvalue weighted by Crippen LogP contribution is -2.51. The molecule has 1 amide bonds. The number of piperidine rings is 1. The molecule has 3 aliphatic heterocycles. The van der Waals surface area contributed by atoms with Crippen molar-refractivity contribution in [2.24, 2.45) is 5.41 Å². The van der Waals surface area contributed by atoms with E-state index in [-0.39, 0.29) is 23.4 Å². The summed E-state index contributed by atoms with van der Waals surface area (Å²) < 4.78 is 10.9. The Kier molecular flexibility index (Phi) is 5.55. The van der Waals surface area contributed by atoms with E-state index in [1.54, 1.807) is 7.11 Å². The summed E-state index contributed by atoms with van der Waals surface area (Å²) in [6.07, 6.45) is 2.41. The average molecular weight is 387 g/mol. The van der Waals surface area contributed by atoms with Gasteiger partial charge in [-0.05, 0) is 43.6 Å². The summed E-state index contributed by atoms with van der Waals surface area (Å²) in [5.41, 5.74) is 0.802. The van der Waals surface area contributed by atoms with Crippen LogP contribution in [0.1, 0.15) is 24.8 Å². The van der Waals surface area contributed by atoms with Gasteiger partial charge in [-0.25, -0.2) is 0 Å². The van der Waals surface area contributed by atoms with Gasteiger partial charge in [-0.1, -0.05) is 12.1 Å². The maximum Gasteiger partial charge on any atom is 0.312 e. The molecular formula is C21H29N3O4. The van der Waals surface area contributed by atoms with Crippen molar-refractivity contribution >= 4 is 11.9 Å². The van der Waals surface area contributed by atoms with Crippen molar-refractivity contribution in [3.8, 4) is 5.75 Å². The Morgan fingerprint density at radius 3 is 2.61 bits per heavy atom. The van der Waals surface area contributed by atoms with Gasteiger partial charge in [0.25, 0.3) is 0 Å². The first-order valence-corrected chi connectivity index (χ1v) is 10.1. The topological polar surface area (TPSA) is 71.1 Å². The lowest BCUT2D eigenvalue weighted by Gasteiger charge is -2.35. The summed E-state index contributed by atoms with van der Waals surface area (Å²) in [7, 11) is 1.65. The summed E-state index contributed by atoms with van der Waals surface area (Å²) in [5.74, 6) is 0.906. The molecule has 7 nitrogen and oxygen atoms in total. The summed E-state index contributed by atoms with van der Waals surface area (Å²) in [4.78, 5) is 29.1. The second-order valence-electron chi connectivity index (χ2n) is 8.16. The summed E-state index contributed by atoms with van der Waals surface area (Å²) >= 11 is 0. The molecule has 152 valence electrons. The number of piperazine rings is 1. The Bertz CT molecular complexity index is 715. The first kappa shape index (κ1) is 19.2. The number of benzene rings is 1. The SMILES string of the molecule is COc1ccc(CN2CCN(CC3CC4(CCNCC4)C(=O)O3)CC2=O)cc1. The van der Waals surface area contributed by atoms with Crippen molar-refractivity contribution in [3.05, 3.63) is 29.8 Å². The Morgan fingerprint density at radius 1 is 1.18 bits per heavy atom. The normalized spacial score (nSPS) is 25.2. The first-order chi connectivity index (χ1) is 13.6. The van der Waals surface area contributed by atoms with Gasteiger partial charge in [0.15, 0.2) is 0 Å². The molecule has 7 heteroatoms. The molecule has 1 spiro atoms. The molecule has 1 N–H and O–H groups in total. The Morgan fingerprint density at radius 2 is 1.93 bits per heavy atom. The fourth-order valence-corrected chi connectivity index (χ4v) is 4.57. The highest BCUT2D eigenvalue weighted by molar-refractivity contribution is 5.80. The number of cyclic esters (lactones) is 1. The van der Waals surface area contributed by atoms with Crippen LogP contribution in [0.15, 0.2) is 24.3 Å². The zero-order valence-corrected chi connectivity index (χ0v) is 16.5. The molecule has 0 aromatic heterocycles. The van der Waals surface area contributed by atoms with Gasteiger partial charge in [0, 0.05) is 32.6 Å². The maximum atomic E-state index is 12.6. The highest BCUT2D eigenvalue weighted by Crippen LogP contribution is 2.41. The molecule has 0 radical (unpaired) electrons. The van der Waals surface area contributed by atoms with Gasteiger partial charge in [-0.2, -0.15) is 0 Å². The van der Waals surface area contributed by atoms with Gasteiger partial charge < -0.3 is 19.7 Å². The van der Waals surface area contributed by atoms with E-state index in [4.69, 9.17) is 9.47 Å². The summed E-state index contributed by atoms with van der Waals surface area (Å²) in [5, 5.41) is 3.31. The van der Waals surface area contributed by atoms with Crippen LogP contribution in [0.25, 0.3) is 0 Å². The standard InChI is InChI=1S/C21H29N3O4/c1-27-17-4-2-16(3-5-17)13-24-11-10-23(15-19(24)25)14-18-12-21(20(26)28-18)6-8-22-9-7-21/h2-5,18,22H,6-15H2,1H3. The van der Waals surface area contributed by atoms with Crippen LogP contribution in [0.4, 0.5) is 0 Å². The van der Waals surface area contributed by atoms with Crippen LogP contribution in [-0.4, -0.2) is 74.2 Å². The third kappa shape index (κ3) is 4.00. The molecular weight excluding hydrogens is 358 g/mol. The van der Waals surface area contributed by atoms with Crippen LogP contribution in [0, 0.1) is 5.41 Å². The van der Waals surface area contributed by atoms with Crippen molar-refractivity contribution in [2.45, 2.75) is 31.9 Å². The molecule has 3 aliphatic rings. The quantitative estimate of drug-likeness (QED) is 0.761. The van der Waals surface area contributed by atoms with Gasteiger partial charge in [0.2, 0.25) is 5.91 Å². The smallest absolute Gasteiger partial charge is 0.312 e. The minimum atomic E-state index is -0.296. The molecule has 0 aliphatic carbocycles. The van der Waals surface area contributed by atoms with Gasteiger partial charge in [0.1, 0.15) is 11.9 Å². The molecule has 1 aromatic rings. The van der Waals surface area contributed by atoms with Crippen LogP contribution in [-0.2, 0) is 20.9 Å². The molecule has 4 rings (SSSR count). The van der Waals surface area contributed by atoms with E-state index in [1.165, 1.54) is 0 Å². The lowest BCUT2D eigenvalue weighted by atomic mass is 9.76. The number of nitrogens with zero attached hydrogens (tertiary/aromatic N) is 2. The van der Waals surface area contributed by atoms with E-state index in [1.807, 2.05) is 29.2 Å². The van der Waals surface area contributed by atoms with Crippen LogP contribution < -0.4 is 10.1 Å². The molecule has 0 bridgehead atoms. The number of ether oxygens (including phenoxy) is 2. The monoisotopic (exact) mass is 387 g/mol. The number of carbonyl (C=O) groups is 2. The third-order valence-electron chi connectivity index (χ3n) is 6.28. The Hall–Kier alpha value is -2.12. The van der Waals surface area contributed by atoms with Crippen molar-refractivity contribution < 1.29 is 19.1 Å². The molecule has 3 fully saturated rings. The van der Waals surface area contributed by atoms with Crippen molar-refractivity contribution in [1.29, 1.82) is 0 Å². The zero-order chi connectivity index (χ0) is 19.6.